The van der Waals surface area contributed by atoms with E-state index in [1.165, 1.54) is 28.1 Å². The van der Waals surface area contributed by atoms with Crippen LogP contribution in [0.15, 0.2) is 59.5 Å². The lowest BCUT2D eigenvalue weighted by atomic mass is 10.1. The molecule has 0 aromatic heterocycles. The van der Waals surface area contributed by atoms with E-state index in [2.05, 4.69) is 17.4 Å². The van der Waals surface area contributed by atoms with Crippen LogP contribution in [-0.2, 0) is 21.2 Å². The maximum Gasteiger partial charge on any atom is 0.275 e. The number of halogens is 1. The zero-order chi connectivity index (χ0) is 20.7. The first-order valence-electron chi connectivity index (χ1n) is 9.85. The van der Waals surface area contributed by atoms with Gasteiger partial charge in [-0.3, -0.25) is 4.79 Å². The second-order valence-electron chi connectivity index (χ2n) is 7.20. The second kappa shape index (κ2) is 9.96. The Morgan fingerprint density at radius 1 is 1.03 bits per heavy atom. The molecule has 156 valence electrons. The molecule has 6 nitrogen and oxygen atoms in total. The highest BCUT2D eigenvalue weighted by molar-refractivity contribution is 7.89. The number of quaternary nitrogens is 1. The molecule has 1 saturated heterocycles. The van der Waals surface area contributed by atoms with Crippen LogP contribution < -0.4 is 10.2 Å². The largest absolute Gasteiger partial charge is 0.351 e. The molecule has 0 unspecified atom stereocenters. The van der Waals surface area contributed by atoms with Crippen molar-refractivity contribution in [1.82, 2.24) is 9.62 Å². The second-order valence-corrected chi connectivity index (χ2v) is 9.11. The van der Waals surface area contributed by atoms with Crippen molar-refractivity contribution in [1.29, 1.82) is 0 Å². The van der Waals surface area contributed by atoms with Gasteiger partial charge in [-0.1, -0.05) is 42.5 Å². The van der Waals surface area contributed by atoms with Crippen LogP contribution in [0.4, 0.5) is 4.39 Å². The zero-order valence-electron chi connectivity index (χ0n) is 16.3. The number of nitrogens with zero attached hydrogens (tertiary/aromatic N) is 1. The molecule has 0 atom stereocenters. The van der Waals surface area contributed by atoms with E-state index in [0.29, 0.717) is 26.2 Å². The molecule has 8 heteroatoms. The lowest BCUT2D eigenvalue weighted by Crippen LogP contribution is -3.15. The predicted octanol–water partition coefficient (Wildman–Crippen LogP) is 0.464. The standard InChI is InChI=1S/C21H26FN3O3S/c22-19-10-4-5-11-20(19)29(27,28)25-15-13-24(14-16-25)17-21(26)23-12-6-9-18-7-2-1-3-8-18/h1-5,7-8,10-11H,6,9,12-17H2,(H,23,26)/p+1. The van der Waals surface area contributed by atoms with Gasteiger partial charge in [0.25, 0.3) is 5.91 Å². The van der Waals surface area contributed by atoms with E-state index in [4.69, 9.17) is 0 Å². The van der Waals surface area contributed by atoms with Gasteiger partial charge >= 0.3 is 0 Å². The molecule has 0 saturated carbocycles. The molecule has 2 aromatic rings. The summed E-state index contributed by atoms with van der Waals surface area (Å²) in [5, 5.41) is 2.93. The summed E-state index contributed by atoms with van der Waals surface area (Å²) in [6.07, 6.45) is 1.79. The highest BCUT2D eigenvalue weighted by Crippen LogP contribution is 2.18. The fourth-order valence-electron chi connectivity index (χ4n) is 3.47. The molecule has 0 spiro atoms. The third-order valence-corrected chi connectivity index (χ3v) is 7.03. The van der Waals surface area contributed by atoms with Crippen LogP contribution in [-0.4, -0.2) is 57.9 Å². The summed E-state index contributed by atoms with van der Waals surface area (Å²) in [6.45, 7) is 2.52. The molecular formula is C21H27FN3O3S+. The Morgan fingerprint density at radius 3 is 2.38 bits per heavy atom. The van der Waals surface area contributed by atoms with Crippen LogP contribution in [0, 0.1) is 5.82 Å². The molecule has 2 N–H and O–H groups in total. The highest BCUT2D eigenvalue weighted by Gasteiger charge is 2.32. The van der Waals surface area contributed by atoms with Crippen LogP contribution >= 0.6 is 0 Å². The number of rotatable bonds is 8. The average molecular weight is 421 g/mol. The molecule has 3 rings (SSSR count). The molecule has 1 fully saturated rings. The van der Waals surface area contributed by atoms with Crippen molar-refractivity contribution in [2.24, 2.45) is 0 Å². The Bertz CT molecular complexity index is 914. The third-order valence-electron chi connectivity index (χ3n) is 5.10. The van der Waals surface area contributed by atoms with Gasteiger partial charge in [0.15, 0.2) is 6.54 Å². The van der Waals surface area contributed by atoms with Crippen molar-refractivity contribution in [2.45, 2.75) is 17.7 Å². The van der Waals surface area contributed by atoms with Gasteiger partial charge in [0.1, 0.15) is 10.7 Å². The number of piperazine rings is 1. The molecule has 2 aromatic carbocycles. The van der Waals surface area contributed by atoms with E-state index in [1.54, 1.807) is 0 Å². The lowest BCUT2D eigenvalue weighted by molar-refractivity contribution is -0.895. The van der Waals surface area contributed by atoms with Gasteiger partial charge < -0.3 is 10.2 Å². The van der Waals surface area contributed by atoms with Gasteiger partial charge in [-0.05, 0) is 30.5 Å². The van der Waals surface area contributed by atoms with E-state index in [-0.39, 0.29) is 23.9 Å². The van der Waals surface area contributed by atoms with Gasteiger partial charge in [-0.15, -0.1) is 0 Å². The molecule has 29 heavy (non-hydrogen) atoms. The van der Waals surface area contributed by atoms with Crippen molar-refractivity contribution in [3.8, 4) is 0 Å². The van der Waals surface area contributed by atoms with Crippen LogP contribution in [0.5, 0.6) is 0 Å². The number of sulfonamides is 1. The topological polar surface area (TPSA) is 70.9 Å². The molecule has 1 aliphatic heterocycles. The SMILES string of the molecule is O=C(C[NH+]1CCN(S(=O)(=O)c2ccccc2F)CC1)NCCCc1ccccc1. The van der Waals surface area contributed by atoms with Gasteiger partial charge in [0, 0.05) is 6.54 Å². The van der Waals surface area contributed by atoms with Gasteiger partial charge in [0.2, 0.25) is 10.0 Å². The monoisotopic (exact) mass is 420 g/mol. The Morgan fingerprint density at radius 2 is 1.69 bits per heavy atom. The quantitative estimate of drug-likeness (QED) is 0.610. The number of carbonyl (C=O) groups excluding carboxylic acids is 1. The maximum atomic E-state index is 13.9. The van der Waals surface area contributed by atoms with Gasteiger partial charge in [-0.25, -0.2) is 12.8 Å². The first-order valence-corrected chi connectivity index (χ1v) is 11.3. The van der Waals surface area contributed by atoms with Crippen molar-refractivity contribution in [2.75, 3.05) is 39.3 Å². The number of benzene rings is 2. The van der Waals surface area contributed by atoms with Gasteiger partial charge in [0.05, 0.1) is 26.2 Å². The Kier molecular flexibility index (Phi) is 7.35. The number of nitrogens with one attached hydrogen (secondary N) is 2. The lowest BCUT2D eigenvalue weighted by Gasteiger charge is -2.31. The van der Waals surface area contributed by atoms with E-state index < -0.39 is 15.8 Å². The Labute approximate surface area is 171 Å². The first kappa shape index (κ1) is 21.4. The van der Waals surface area contributed by atoms with Crippen LogP contribution in [0.25, 0.3) is 0 Å². The highest BCUT2D eigenvalue weighted by atomic mass is 32.2. The number of hydrogen-bond donors (Lipinski definition) is 2. The van der Waals surface area contributed by atoms with E-state index in [1.807, 2.05) is 18.2 Å². The minimum atomic E-state index is -3.84. The summed E-state index contributed by atoms with van der Waals surface area (Å²) < 4.78 is 40.4. The molecule has 0 radical (unpaired) electrons. The molecular weight excluding hydrogens is 393 g/mol. The summed E-state index contributed by atoms with van der Waals surface area (Å²) in [5.41, 5.74) is 1.25. The molecule has 1 amide bonds. The fourth-order valence-corrected chi connectivity index (χ4v) is 4.97. The molecule has 1 heterocycles. The zero-order valence-corrected chi connectivity index (χ0v) is 17.1. The van der Waals surface area contributed by atoms with Gasteiger partial charge in [-0.2, -0.15) is 4.31 Å². The van der Waals surface area contributed by atoms with Crippen molar-refractivity contribution >= 4 is 15.9 Å². The number of carbonyl (C=O) groups is 1. The number of aryl methyl sites for hydroxylation is 1. The van der Waals surface area contributed by atoms with Crippen molar-refractivity contribution in [3.05, 3.63) is 66.0 Å². The third kappa shape index (κ3) is 5.85. The van der Waals surface area contributed by atoms with Crippen LogP contribution in [0.3, 0.4) is 0 Å². The minimum Gasteiger partial charge on any atom is -0.351 e. The minimum absolute atomic E-state index is 0.0292. The first-order chi connectivity index (χ1) is 14.0. The molecule has 0 bridgehead atoms. The predicted molar refractivity (Wildman–Crippen MR) is 108 cm³/mol. The number of hydrogen-bond acceptors (Lipinski definition) is 3. The van der Waals surface area contributed by atoms with Crippen LogP contribution in [0.1, 0.15) is 12.0 Å². The Hall–Kier alpha value is -2.29. The summed E-state index contributed by atoms with van der Waals surface area (Å²) in [5.74, 6) is -0.768. The maximum absolute atomic E-state index is 13.9. The smallest absolute Gasteiger partial charge is 0.275 e. The van der Waals surface area contributed by atoms with E-state index >= 15 is 0 Å². The van der Waals surface area contributed by atoms with Crippen molar-refractivity contribution < 1.29 is 22.5 Å². The molecule has 0 aliphatic carbocycles. The summed E-state index contributed by atoms with van der Waals surface area (Å²) in [6, 6.07) is 15.5. The molecule has 1 aliphatic rings. The van der Waals surface area contributed by atoms with Crippen LogP contribution in [0.2, 0.25) is 0 Å². The summed E-state index contributed by atoms with van der Waals surface area (Å²) in [7, 11) is -3.84. The van der Waals surface area contributed by atoms with E-state index in [0.717, 1.165) is 23.8 Å². The summed E-state index contributed by atoms with van der Waals surface area (Å²) in [4.78, 5) is 12.9. The Balaban J connectivity index is 1.40. The summed E-state index contributed by atoms with van der Waals surface area (Å²) >= 11 is 0. The van der Waals surface area contributed by atoms with E-state index in [9.17, 15) is 17.6 Å². The fraction of sp³-hybridized carbons (Fsp3) is 0.381. The average Bonchev–Trinajstić information content (AvgIpc) is 2.72. The van der Waals surface area contributed by atoms with Crippen molar-refractivity contribution in [3.63, 3.8) is 0 Å². The normalized spacial score (nSPS) is 15.9. The number of amides is 1.